The number of hydrogen-bond donors (Lipinski definition) is 0. The van der Waals surface area contributed by atoms with Crippen LogP contribution in [0.2, 0.25) is 0 Å². The van der Waals surface area contributed by atoms with Crippen LogP contribution >= 0.6 is 0 Å². The van der Waals surface area contributed by atoms with Crippen molar-refractivity contribution in [3.8, 4) is 5.75 Å². The number of piperidine rings is 1. The van der Waals surface area contributed by atoms with E-state index in [0.29, 0.717) is 31.1 Å². The molecule has 4 rings (SSSR count). The van der Waals surface area contributed by atoms with Gasteiger partial charge in [-0.15, -0.1) is 0 Å². The number of aryl methyl sites for hydroxylation is 1. The molecular formula is C22H24N4O3. The van der Waals surface area contributed by atoms with Crippen LogP contribution in [0.4, 0.5) is 0 Å². The van der Waals surface area contributed by atoms with Crippen LogP contribution in [0.25, 0.3) is 0 Å². The molecule has 2 aromatic heterocycles. The van der Waals surface area contributed by atoms with E-state index < -0.39 is 0 Å². The van der Waals surface area contributed by atoms with Gasteiger partial charge in [-0.25, -0.2) is 9.97 Å². The molecule has 150 valence electrons. The number of ether oxygens (including phenoxy) is 1. The Morgan fingerprint density at radius 2 is 2.14 bits per heavy atom. The highest BCUT2D eigenvalue weighted by molar-refractivity contribution is 5.92. The summed E-state index contributed by atoms with van der Waals surface area (Å²) in [5.41, 5.74) is 2.27. The molecule has 0 saturated carbocycles. The number of methoxy groups -OCH3 is 1. The molecule has 0 spiro atoms. The maximum Gasteiger partial charge on any atom is 0.274 e. The van der Waals surface area contributed by atoms with Gasteiger partial charge in [0.1, 0.15) is 17.2 Å². The zero-order valence-electron chi connectivity index (χ0n) is 16.7. The van der Waals surface area contributed by atoms with Gasteiger partial charge >= 0.3 is 0 Å². The molecule has 1 aromatic carbocycles. The molecule has 1 unspecified atom stereocenters. The Bertz CT molecular complexity index is 984. The summed E-state index contributed by atoms with van der Waals surface area (Å²) in [5, 5.41) is 0. The second-order valence-electron chi connectivity index (χ2n) is 7.33. The monoisotopic (exact) mass is 392 g/mol. The van der Waals surface area contributed by atoms with Crippen LogP contribution in [0.5, 0.6) is 5.75 Å². The van der Waals surface area contributed by atoms with E-state index >= 15 is 0 Å². The van der Waals surface area contributed by atoms with Crippen LogP contribution in [0.15, 0.2) is 47.3 Å². The smallest absolute Gasteiger partial charge is 0.274 e. The Morgan fingerprint density at radius 3 is 2.93 bits per heavy atom. The van der Waals surface area contributed by atoms with Crippen LogP contribution in [-0.2, 0) is 6.42 Å². The Labute approximate surface area is 169 Å². The van der Waals surface area contributed by atoms with Crippen molar-refractivity contribution in [3.05, 3.63) is 71.5 Å². The predicted octanol–water partition coefficient (Wildman–Crippen LogP) is 3.39. The Hall–Kier alpha value is -3.22. The van der Waals surface area contributed by atoms with Gasteiger partial charge < -0.3 is 14.1 Å². The first-order valence-electron chi connectivity index (χ1n) is 9.78. The number of rotatable bonds is 5. The summed E-state index contributed by atoms with van der Waals surface area (Å²) in [4.78, 5) is 27.5. The molecule has 7 nitrogen and oxygen atoms in total. The number of likely N-dealkylation sites (tertiary alicyclic amines) is 1. The minimum atomic E-state index is -0.0923. The van der Waals surface area contributed by atoms with Crippen molar-refractivity contribution in [2.45, 2.75) is 32.1 Å². The largest absolute Gasteiger partial charge is 0.497 e. The van der Waals surface area contributed by atoms with E-state index in [1.807, 2.05) is 36.1 Å². The van der Waals surface area contributed by atoms with Crippen LogP contribution in [-0.4, -0.2) is 46.0 Å². The minimum absolute atomic E-state index is 0.0881. The standard InChI is InChI=1S/C22H24N4O3/c1-15-11-24-20(13-23-15)22(27)26-8-4-6-17(14-26)21-25-12-19(29-21)10-16-5-3-7-18(9-16)28-2/h3,5,7,9,11-13,17H,4,6,8,10,14H2,1-2H3. The van der Waals surface area contributed by atoms with Gasteiger partial charge in [-0.3, -0.25) is 9.78 Å². The van der Waals surface area contributed by atoms with Crippen molar-refractivity contribution in [3.63, 3.8) is 0 Å². The first-order valence-corrected chi connectivity index (χ1v) is 9.78. The molecule has 3 aromatic rings. The maximum atomic E-state index is 12.8. The second-order valence-corrected chi connectivity index (χ2v) is 7.33. The van der Waals surface area contributed by atoms with Crippen molar-refractivity contribution >= 4 is 5.91 Å². The van der Waals surface area contributed by atoms with Crippen LogP contribution in [0.3, 0.4) is 0 Å². The Morgan fingerprint density at radius 1 is 1.24 bits per heavy atom. The summed E-state index contributed by atoms with van der Waals surface area (Å²) in [6.07, 6.45) is 7.44. The molecule has 1 fully saturated rings. The number of benzene rings is 1. The molecule has 1 atom stereocenters. The quantitative estimate of drug-likeness (QED) is 0.662. The van der Waals surface area contributed by atoms with Crippen molar-refractivity contribution in [1.29, 1.82) is 0 Å². The summed E-state index contributed by atoms with van der Waals surface area (Å²) in [7, 11) is 1.66. The highest BCUT2D eigenvalue weighted by atomic mass is 16.5. The fourth-order valence-electron chi connectivity index (χ4n) is 3.60. The molecule has 1 aliphatic rings. The van der Waals surface area contributed by atoms with E-state index in [-0.39, 0.29) is 11.8 Å². The lowest BCUT2D eigenvalue weighted by Crippen LogP contribution is -2.39. The van der Waals surface area contributed by atoms with Gasteiger partial charge in [-0.2, -0.15) is 0 Å². The molecule has 3 heterocycles. The first-order chi connectivity index (χ1) is 14.1. The minimum Gasteiger partial charge on any atom is -0.497 e. The maximum absolute atomic E-state index is 12.8. The van der Waals surface area contributed by atoms with Crippen LogP contribution in [0.1, 0.15) is 52.2 Å². The zero-order chi connectivity index (χ0) is 20.2. The van der Waals surface area contributed by atoms with E-state index in [0.717, 1.165) is 35.6 Å². The normalized spacial score (nSPS) is 16.6. The fourth-order valence-corrected chi connectivity index (χ4v) is 3.60. The van der Waals surface area contributed by atoms with E-state index in [1.54, 1.807) is 25.7 Å². The first kappa shape index (κ1) is 19.1. The number of hydrogen-bond acceptors (Lipinski definition) is 6. The highest BCUT2D eigenvalue weighted by Crippen LogP contribution is 2.28. The van der Waals surface area contributed by atoms with Gasteiger partial charge in [-0.05, 0) is 37.5 Å². The van der Waals surface area contributed by atoms with Gasteiger partial charge in [0.25, 0.3) is 5.91 Å². The van der Waals surface area contributed by atoms with Crippen molar-refractivity contribution in [1.82, 2.24) is 19.9 Å². The van der Waals surface area contributed by atoms with E-state index in [4.69, 9.17) is 9.15 Å². The van der Waals surface area contributed by atoms with Gasteiger partial charge in [0, 0.05) is 25.7 Å². The number of amides is 1. The van der Waals surface area contributed by atoms with Crippen molar-refractivity contribution in [2.75, 3.05) is 20.2 Å². The van der Waals surface area contributed by atoms with Crippen LogP contribution in [0, 0.1) is 6.92 Å². The number of oxazole rings is 1. The summed E-state index contributed by atoms with van der Waals surface area (Å²) in [6, 6.07) is 7.91. The molecule has 1 aliphatic heterocycles. The molecule has 29 heavy (non-hydrogen) atoms. The number of aromatic nitrogens is 3. The van der Waals surface area contributed by atoms with E-state index in [2.05, 4.69) is 15.0 Å². The van der Waals surface area contributed by atoms with Gasteiger partial charge in [0.2, 0.25) is 0 Å². The zero-order valence-corrected chi connectivity index (χ0v) is 16.7. The third-order valence-corrected chi connectivity index (χ3v) is 5.14. The Balaban J connectivity index is 1.43. The average molecular weight is 392 g/mol. The van der Waals surface area contributed by atoms with E-state index in [9.17, 15) is 4.79 Å². The average Bonchev–Trinajstić information content (AvgIpc) is 3.22. The van der Waals surface area contributed by atoms with Gasteiger partial charge in [-0.1, -0.05) is 12.1 Å². The highest BCUT2D eigenvalue weighted by Gasteiger charge is 2.29. The van der Waals surface area contributed by atoms with E-state index in [1.165, 1.54) is 0 Å². The molecule has 1 amide bonds. The molecule has 1 saturated heterocycles. The molecule has 0 bridgehead atoms. The van der Waals surface area contributed by atoms with Crippen molar-refractivity contribution < 1.29 is 13.9 Å². The topological polar surface area (TPSA) is 81.4 Å². The summed E-state index contributed by atoms with van der Waals surface area (Å²) in [5.74, 6) is 2.31. The van der Waals surface area contributed by atoms with Gasteiger partial charge in [0.15, 0.2) is 5.89 Å². The predicted molar refractivity (Wildman–Crippen MR) is 107 cm³/mol. The molecule has 0 aliphatic carbocycles. The second kappa shape index (κ2) is 8.43. The molecule has 0 N–H and O–H groups in total. The summed E-state index contributed by atoms with van der Waals surface area (Å²) in [6.45, 7) is 3.14. The lowest BCUT2D eigenvalue weighted by Gasteiger charge is -2.31. The third-order valence-electron chi connectivity index (χ3n) is 5.14. The lowest BCUT2D eigenvalue weighted by molar-refractivity contribution is 0.0691. The van der Waals surface area contributed by atoms with Gasteiger partial charge in [0.05, 0.1) is 31.1 Å². The van der Waals surface area contributed by atoms with Crippen molar-refractivity contribution in [2.24, 2.45) is 0 Å². The summed E-state index contributed by atoms with van der Waals surface area (Å²) >= 11 is 0. The van der Waals surface area contributed by atoms with Crippen LogP contribution < -0.4 is 4.74 Å². The Kier molecular flexibility index (Phi) is 5.55. The molecular weight excluding hydrogens is 368 g/mol. The number of carbonyl (C=O) groups excluding carboxylic acids is 1. The lowest BCUT2D eigenvalue weighted by atomic mass is 9.98. The third kappa shape index (κ3) is 4.45. The molecule has 7 heteroatoms. The summed E-state index contributed by atoms with van der Waals surface area (Å²) < 4.78 is 11.3. The molecule has 0 radical (unpaired) electrons. The SMILES string of the molecule is COc1cccc(Cc2cnc(C3CCCN(C(=O)c4cnc(C)cn4)C3)o2)c1. The number of nitrogens with zero attached hydrogens (tertiary/aromatic N) is 4. The fraction of sp³-hybridized carbons (Fsp3) is 0.364. The number of carbonyl (C=O) groups is 1.